The molecule has 72 valence electrons. The van der Waals surface area contributed by atoms with Gasteiger partial charge in [0.25, 0.3) is 0 Å². The fraction of sp³-hybridized carbons (Fsp3) is 0.375. The number of hydrogen-bond donors (Lipinski definition) is 3. The lowest BCUT2D eigenvalue weighted by Gasteiger charge is -2.07. The molecule has 1 heterocycles. The molecule has 1 rings (SSSR count). The molecule has 1 amide bonds. The van der Waals surface area contributed by atoms with E-state index >= 15 is 0 Å². The van der Waals surface area contributed by atoms with Crippen LogP contribution in [0.2, 0.25) is 0 Å². The van der Waals surface area contributed by atoms with Crippen molar-refractivity contribution < 1.29 is 9.21 Å². The Hall–Kier alpha value is -1.33. The zero-order valence-corrected chi connectivity index (χ0v) is 7.19. The molecule has 0 saturated heterocycles. The van der Waals surface area contributed by atoms with Gasteiger partial charge in [0.05, 0.1) is 18.6 Å². The van der Waals surface area contributed by atoms with Gasteiger partial charge in [0.2, 0.25) is 5.91 Å². The van der Waals surface area contributed by atoms with E-state index < -0.39 is 11.9 Å². The summed E-state index contributed by atoms with van der Waals surface area (Å²) in [6, 6.07) is 1.20. The minimum atomic E-state index is -0.632. The van der Waals surface area contributed by atoms with Crippen molar-refractivity contribution in [3.8, 4) is 0 Å². The second-order valence-corrected chi connectivity index (χ2v) is 2.77. The average Bonchev–Trinajstić information content (AvgIpc) is 2.56. The Morgan fingerprint density at radius 2 is 2.46 bits per heavy atom. The highest BCUT2D eigenvalue weighted by Crippen LogP contribution is 1.97. The van der Waals surface area contributed by atoms with Gasteiger partial charge in [-0.2, -0.15) is 0 Å². The number of carbonyl (C=O) groups excluding carboxylic acids is 1. The van der Waals surface area contributed by atoms with Crippen LogP contribution in [0.5, 0.6) is 0 Å². The van der Waals surface area contributed by atoms with Crippen LogP contribution < -0.4 is 16.8 Å². The van der Waals surface area contributed by atoms with E-state index in [9.17, 15) is 4.79 Å². The predicted molar refractivity (Wildman–Crippen MR) is 47.6 cm³/mol. The van der Waals surface area contributed by atoms with E-state index in [1.54, 1.807) is 12.5 Å². The first kappa shape index (κ1) is 9.76. The number of hydrogen-bond acceptors (Lipinski definition) is 4. The van der Waals surface area contributed by atoms with Crippen molar-refractivity contribution in [2.75, 3.05) is 6.54 Å². The fourth-order valence-electron chi connectivity index (χ4n) is 0.866. The van der Waals surface area contributed by atoms with Gasteiger partial charge in [0, 0.05) is 18.7 Å². The third kappa shape index (κ3) is 3.27. The van der Waals surface area contributed by atoms with Crippen LogP contribution >= 0.6 is 0 Å². The molecule has 0 fully saturated rings. The molecule has 0 bridgehead atoms. The molecule has 1 aromatic rings. The standard InChI is InChI=1S/C8H13N3O2/c9-7(8(10)12)4-11-3-6-1-2-13-5-6/h1-2,5,7,11H,3-4,9H2,(H2,10,12). The van der Waals surface area contributed by atoms with Crippen LogP contribution in [0.4, 0.5) is 0 Å². The summed E-state index contributed by atoms with van der Waals surface area (Å²) < 4.78 is 4.86. The summed E-state index contributed by atoms with van der Waals surface area (Å²) in [7, 11) is 0. The lowest BCUT2D eigenvalue weighted by atomic mass is 10.3. The molecule has 1 atom stereocenters. The topological polar surface area (TPSA) is 94.3 Å². The Labute approximate surface area is 76.1 Å². The Morgan fingerprint density at radius 1 is 1.69 bits per heavy atom. The Balaban J connectivity index is 2.18. The zero-order chi connectivity index (χ0) is 9.68. The van der Waals surface area contributed by atoms with Gasteiger partial charge in [-0.05, 0) is 6.07 Å². The predicted octanol–water partition coefficient (Wildman–Crippen LogP) is -0.818. The van der Waals surface area contributed by atoms with E-state index in [1.165, 1.54) is 0 Å². The summed E-state index contributed by atoms with van der Waals surface area (Å²) in [5.74, 6) is -0.500. The zero-order valence-electron chi connectivity index (χ0n) is 7.19. The monoisotopic (exact) mass is 183 g/mol. The molecule has 0 aliphatic heterocycles. The maximum Gasteiger partial charge on any atom is 0.235 e. The second-order valence-electron chi connectivity index (χ2n) is 2.77. The van der Waals surface area contributed by atoms with E-state index in [1.807, 2.05) is 6.07 Å². The van der Waals surface area contributed by atoms with Crippen molar-refractivity contribution in [3.05, 3.63) is 24.2 Å². The molecule has 5 heteroatoms. The normalized spacial score (nSPS) is 12.7. The number of furan rings is 1. The van der Waals surface area contributed by atoms with Gasteiger partial charge in [-0.3, -0.25) is 4.79 Å². The van der Waals surface area contributed by atoms with Crippen molar-refractivity contribution in [2.24, 2.45) is 11.5 Å². The van der Waals surface area contributed by atoms with Crippen LogP contribution in [0.25, 0.3) is 0 Å². The Kier molecular flexibility index (Phi) is 3.48. The van der Waals surface area contributed by atoms with E-state index in [0.29, 0.717) is 13.1 Å². The summed E-state index contributed by atoms with van der Waals surface area (Å²) in [5.41, 5.74) is 11.4. The summed E-state index contributed by atoms with van der Waals surface area (Å²) in [4.78, 5) is 10.5. The molecule has 0 aliphatic carbocycles. The highest BCUT2D eigenvalue weighted by molar-refractivity contribution is 5.79. The summed E-state index contributed by atoms with van der Waals surface area (Å²) in [5, 5.41) is 2.98. The van der Waals surface area contributed by atoms with Crippen molar-refractivity contribution in [1.29, 1.82) is 0 Å². The van der Waals surface area contributed by atoms with Gasteiger partial charge in [0.1, 0.15) is 0 Å². The minimum Gasteiger partial charge on any atom is -0.472 e. The van der Waals surface area contributed by atoms with Crippen molar-refractivity contribution in [3.63, 3.8) is 0 Å². The SMILES string of the molecule is NC(=O)C(N)CNCc1ccoc1. The number of carbonyl (C=O) groups is 1. The average molecular weight is 183 g/mol. The van der Waals surface area contributed by atoms with E-state index in [2.05, 4.69) is 5.32 Å². The second kappa shape index (κ2) is 4.64. The van der Waals surface area contributed by atoms with Gasteiger partial charge < -0.3 is 21.2 Å². The molecule has 13 heavy (non-hydrogen) atoms. The molecule has 1 aromatic heterocycles. The van der Waals surface area contributed by atoms with Crippen LogP contribution in [-0.2, 0) is 11.3 Å². The Morgan fingerprint density at radius 3 is 3.00 bits per heavy atom. The third-order valence-corrected chi connectivity index (χ3v) is 1.64. The number of amides is 1. The molecule has 1 unspecified atom stereocenters. The first-order valence-corrected chi connectivity index (χ1v) is 3.97. The van der Waals surface area contributed by atoms with Gasteiger partial charge in [0.15, 0.2) is 0 Å². The summed E-state index contributed by atoms with van der Waals surface area (Å²) >= 11 is 0. The lowest BCUT2D eigenvalue weighted by molar-refractivity contribution is -0.119. The van der Waals surface area contributed by atoms with Crippen LogP contribution in [0.3, 0.4) is 0 Å². The number of nitrogens with one attached hydrogen (secondary N) is 1. The minimum absolute atomic E-state index is 0.376. The van der Waals surface area contributed by atoms with E-state index in [0.717, 1.165) is 5.56 Å². The Bertz CT molecular complexity index is 258. The van der Waals surface area contributed by atoms with Crippen LogP contribution in [0, 0.1) is 0 Å². The van der Waals surface area contributed by atoms with Gasteiger partial charge in [-0.25, -0.2) is 0 Å². The maximum atomic E-state index is 10.5. The summed E-state index contributed by atoms with van der Waals surface area (Å²) in [6.45, 7) is 0.998. The maximum absolute atomic E-state index is 10.5. The van der Waals surface area contributed by atoms with Gasteiger partial charge >= 0.3 is 0 Å². The number of nitrogens with two attached hydrogens (primary N) is 2. The molecule has 0 spiro atoms. The van der Waals surface area contributed by atoms with Crippen LogP contribution in [0.15, 0.2) is 23.0 Å². The molecular weight excluding hydrogens is 170 g/mol. The summed E-state index contributed by atoms with van der Waals surface area (Å²) in [6.07, 6.45) is 3.22. The molecule has 0 aromatic carbocycles. The lowest BCUT2D eigenvalue weighted by Crippen LogP contribution is -2.44. The largest absolute Gasteiger partial charge is 0.472 e. The van der Waals surface area contributed by atoms with Crippen molar-refractivity contribution >= 4 is 5.91 Å². The molecule has 5 N–H and O–H groups in total. The van der Waals surface area contributed by atoms with Gasteiger partial charge in [-0.1, -0.05) is 0 Å². The van der Waals surface area contributed by atoms with E-state index in [-0.39, 0.29) is 0 Å². The highest BCUT2D eigenvalue weighted by atomic mass is 16.3. The molecule has 0 aliphatic rings. The molecular formula is C8H13N3O2. The first-order chi connectivity index (χ1) is 6.20. The molecule has 0 saturated carbocycles. The first-order valence-electron chi connectivity index (χ1n) is 3.97. The van der Waals surface area contributed by atoms with Crippen molar-refractivity contribution in [2.45, 2.75) is 12.6 Å². The van der Waals surface area contributed by atoms with E-state index in [4.69, 9.17) is 15.9 Å². The number of rotatable bonds is 5. The van der Waals surface area contributed by atoms with Crippen LogP contribution in [0.1, 0.15) is 5.56 Å². The molecule has 5 nitrogen and oxygen atoms in total. The highest BCUT2D eigenvalue weighted by Gasteiger charge is 2.07. The quantitative estimate of drug-likeness (QED) is 0.556. The van der Waals surface area contributed by atoms with Crippen molar-refractivity contribution in [1.82, 2.24) is 5.32 Å². The smallest absolute Gasteiger partial charge is 0.235 e. The molecule has 0 radical (unpaired) electrons. The van der Waals surface area contributed by atoms with Gasteiger partial charge in [-0.15, -0.1) is 0 Å². The fourth-order valence-corrected chi connectivity index (χ4v) is 0.866. The van der Waals surface area contributed by atoms with Crippen LogP contribution in [-0.4, -0.2) is 18.5 Å². The number of primary amides is 1. The third-order valence-electron chi connectivity index (χ3n) is 1.64.